The fourth-order valence-electron chi connectivity index (χ4n) is 1.91. The second-order valence-corrected chi connectivity index (χ2v) is 4.41. The highest BCUT2D eigenvalue weighted by Crippen LogP contribution is 2.28. The molecule has 0 radical (unpaired) electrons. The Morgan fingerprint density at radius 1 is 1.55 bits per heavy atom. The molecule has 1 aromatic carbocycles. The predicted octanol–water partition coefficient (Wildman–Crippen LogP) is 1.00. The number of anilines is 1. The van der Waals surface area contributed by atoms with Crippen molar-refractivity contribution in [2.24, 2.45) is 0 Å². The molecule has 0 saturated carbocycles. The van der Waals surface area contributed by atoms with E-state index in [1.54, 1.807) is 12.1 Å². The summed E-state index contributed by atoms with van der Waals surface area (Å²) in [5.41, 5.74) is 0.817. The Kier molecular flexibility index (Phi) is 4.24. The Morgan fingerprint density at radius 3 is 3.00 bits per heavy atom. The molecule has 6 heteroatoms. The fraction of sp³-hybridized carbons (Fsp3) is 0.286. The van der Waals surface area contributed by atoms with Crippen molar-refractivity contribution in [1.82, 2.24) is 5.32 Å². The van der Waals surface area contributed by atoms with E-state index in [1.165, 1.54) is 6.08 Å². The Hall–Kier alpha value is -2.50. The molecule has 1 amide bonds. The van der Waals surface area contributed by atoms with E-state index in [0.717, 1.165) is 5.69 Å². The first kappa shape index (κ1) is 13.9. The standard InChI is InChI=1S/C14H16N2O4/c1-2-5-10(14(18)19)16-13(17)12-8-15-9-6-3-4-7-11(9)20-12/h2-4,6-7,10,12,15H,1,5,8H2,(H,16,17)(H,18,19). The third-order valence-electron chi connectivity index (χ3n) is 2.94. The Balaban J connectivity index is 2.01. The summed E-state index contributed by atoms with van der Waals surface area (Å²) in [6.45, 7) is 3.77. The molecular weight excluding hydrogens is 260 g/mol. The van der Waals surface area contributed by atoms with Crippen LogP contribution in [0.5, 0.6) is 5.75 Å². The Morgan fingerprint density at radius 2 is 2.30 bits per heavy atom. The minimum absolute atomic E-state index is 0.164. The Labute approximate surface area is 116 Å². The molecule has 0 aliphatic carbocycles. The number of nitrogens with one attached hydrogen (secondary N) is 2. The summed E-state index contributed by atoms with van der Waals surface area (Å²) in [6, 6.07) is 6.28. The topological polar surface area (TPSA) is 87.7 Å². The quantitative estimate of drug-likeness (QED) is 0.698. The number of carbonyl (C=O) groups is 2. The average molecular weight is 276 g/mol. The Bertz CT molecular complexity index is 530. The number of benzene rings is 1. The number of para-hydroxylation sites is 2. The van der Waals surface area contributed by atoms with Crippen molar-refractivity contribution in [3.05, 3.63) is 36.9 Å². The molecule has 0 aromatic heterocycles. The molecule has 0 saturated heterocycles. The van der Waals surface area contributed by atoms with Crippen LogP contribution in [0.1, 0.15) is 6.42 Å². The van der Waals surface area contributed by atoms with Crippen LogP contribution in [0.2, 0.25) is 0 Å². The molecule has 3 N–H and O–H groups in total. The second-order valence-electron chi connectivity index (χ2n) is 4.41. The van der Waals surface area contributed by atoms with Gasteiger partial charge >= 0.3 is 5.97 Å². The zero-order chi connectivity index (χ0) is 14.5. The molecule has 2 atom stereocenters. The number of carbonyl (C=O) groups excluding carboxylic acids is 1. The van der Waals surface area contributed by atoms with Crippen LogP contribution in [0.4, 0.5) is 5.69 Å². The maximum absolute atomic E-state index is 12.0. The summed E-state index contributed by atoms with van der Waals surface area (Å²) in [5.74, 6) is -0.974. The van der Waals surface area contributed by atoms with Crippen molar-refractivity contribution in [2.45, 2.75) is 18.6 Å². The lowest BCUT2D eigenvalue weighted by Gasteiger charge is -2.27. The van der Waals surface area contributed by atoms with Gasteiger partial charge in [0.05, 0.1) is 12.2 Å². The van der Waals surface area contributed by atoms with Gasteiger partial charge in [0.1, 0.15) is 11.8 Å². The van der Waals surface area contributed by atoms with E-state index in [0.29, 0.717) is 12.3 Å². The average Bonchev–Trinajstić information content (AvgIpc) is 2.46. The number of aliphatic carboxylic acids is 1. The SMILES string of the molecule is C=CCC(NC(=O)C1CNc2ccccc2O1)C(=O)O. The van der Waals surface area contributed by atoms with Crippen molar-refractivity contribution in [1.29, 1.82) is 0 Å². The smallest absolute Gasteiger partial charge is 0.326 e. The van der Waals surface area contributed by atoms with Gasteiger partial charge < -0.3 is 20.5 Å². The van der Waals surface area contributed by atoms with Gasteiger partial charge in [-0.25, -0.2) is 4.79 Å². The van der Waals surface area contributed by atoms with Crippen LogP contribution < -0.4 is 15.4 Å². The number of ether oxygens (including phenoxy) is 1. The van der Waals surface area contributed by atoms with Crippen molar-refractivity contribution in [3.8, 4) is 5.75 Å². The lowest BCUT2D eigenvalue weighted by Crippen LogP contribution is -2.50. The highest BCUT2D eigenvalue weighted by molar-refractivity contribution is 5.87. The fourth-order valence-corrected chi connectivity index (χ4v) is 1.91. The zero-order valence-corrected chi connectivity index (χ0v) is 10.8. The van der Waals surface area contributed by atoms with Gasteiger partial charge in [-0.05, 0) is 18.6 Å². The molecule has 2 unspecified atom stereocenters. The van der Waals surface area contributed by atoms with E-state index in [-0.39, 0.29) is 6.42 Å². The van der Waals surface area contributed by atoms with Gasteiger partial charge in [-0.1, -0.05) is 18.2 Å². The van der Waals surface area contributed by atoms with Gasteiger partial charge in [-0.2, -0.15) is 0 Å². The van der Waals surface area contributed by atoms with E-state index in [1.807, 2.05) is 12.1 Å². The van der Waals surface area contributed by atoms with Gasteiger partial charge in [0, 0.05) is 0 Å². The number of hydrogen-bond acceptors (Lipinski definition) is 4. The van der Waals surface area contributed by atoms with Crippen LogP contribution >= 0.6 is 0 Å². The summed E-state index contributed by atoms with van der Waals surface area (Å²) < 4.78 is 5.56. The first-order chi connectivity index (χ1) is 9.61. The lowest BCUT2D eigenvalue weighted by atomic mass is 10.1. The van der Waals surface area contributed by atoms with Crippen LogP contribution in [0.25, 0.3) is 0 Å². The van der Waals surface area contributed by atoms with Crippen LogP contribution in [-0.2, 0) is 9.59 Å². The molecule has 2 rings (SSSR count). The molecule has 1 aliphatic heterocycles. The summed E-state index contributed by atoms with van der Waals surface area (Å²) >= 11 is 0. The summed E-state index contributed by atoms with van der Waals surface area (Å²) in [6.07, 6.45) is 0.864. The van der Waals surface area contributed by atoms with Gasteiger partial charge in [0.25, 0.3) is 5.91 Å². The third-order valence-corrected chi connectivity index (χ3v) is 2.94. The minimum atomic E-state index is -1.09. The van der Waals surface area contributed by atoms with Crippen molar-refractivity contribution < 1.29 is 19.4 Å². The van der Waals surface area contributed by atoms with Crippen molar-refractivity contribution in [2.75, 3.05) is 11.9 Å². The second kappa shape index (κ2) is 6.10. The molecule has 106 valence electrons. The van der Waals surface area contributed by atoms with E-state index < -0.39 is 24.0 Å². The van der Waals surface area contributed by atoms with Crippen LogP contribution in [-0.4, -0.2) is 35.7 Å². The summed E-state index contributed by atoms with van der Waals surface area (Å²) in [4.78, 5) is 23.0. The van der Waals surface area contributed by atoms with Gasteiger partial charge in [0.2, 0.25) is 0 Å². The molecular formula is C14H16N2O4. The molecule has 1 aliphatic rings. The van der Waals surface area contributed by atoms with Crippen molar-refractivity contribution in [3.63, 3.8) is 0 Å². The van der Waals surface area contributed by atoms with Crippen LogP contribution in [0.3, 0.4) is 0 Å². The molecule has 0 fully saturated rings. The van der Waals surface area contributed by atoms with Crippen molar-refractivity contribution >= 4 is 17.6 Å². The third kappa shape index (κ3) is 3.09. The molecule has 6 nitrogen and oxygen atoms in total. The molecule has 20 heavy (non-hydrogen) atoms. The normalized spacial score (nSPS) is 17.9. The number of fused-ring (bicyclic) bond motifs is 1. The van der Waals surface area contributed by atoms with E-state index in [4.69, 9.17) is 9.84 Å². The number of carboxylic acid groups (broad SMARTS) is 1. The molecule has 1 aromatic rings. The first-order valence-corrected chi connectivity index (χ1v) is 6.25. The number of carboxylic acids is 1. The lowest BCUT2D eigenvalue weighted by molar-refractivity contribution is -0.142. The number of amides is 1. The first-order valence-electron chi connectivity index (χ1n) is 6.25. The molecule has 1 heterocycles. The molecule has 0 bridgehead atoms. The van der Waals surface area contributed by atoms with Crippen LogP contribution in [0.15, 0.2) is 36.9 Å². The maximum Gasteiger partial charge on any atom is 0.326 e. The van der Waals surface area contributed by atoms with Gasteiger partial charge in [0.15, 0.2) is 6.10 Å². The summed E-state index contributed by atoms with van der Waals surface area (Å²) in [5, 5.41) is 14.5. The zero-order valence-electron chi connectivity index (χ0n) is 10.8. The highest BCUT2D eigenvalue weighted by atomic mass is 16.5. The largest absolute Gasteiger partial charge is 0.480 e. The summed E-state index contributed by atoms with van der Waals surface area (Å²) in [7, 11) is 0. The predicted molar refractivity (Wildman–Crippen MR) is 73.7 cm³/mol. The number of rotatable bonds is 5. The minimum Gasteiger partial charge on any atom is -0.480 e. The van der Waals surface area contributed by atoms with Gasteiger partial charge in [-0.3, -0.25) is 4.79 Å². The highest BCUT2D eigenvalue weighted by Gasteiger charge is 2.28. The monoisotopic (exact) mass is 276 g/mol. The van der Waals surface area contributed by atoms with E-state index in [9.17, 15) is 9.59 Å². The van der Waals surface area contributed by atoms with E-state index in [2.05, 4.69) is 17.2 Å². The van der Waals surface area contributed by atoms with E-state index >= 15 is 0 Å². The van der Waals surface area contributed by atoms with Gasteiger partial charge in [-0.15, -0.1) is 6.58 Å². The maximum atomic E-state index is 12.0. The number of hydrogen-bond donors (Lipinski definition) is 3. The molecule has 0 spiro atoms. The van der Waals surface area contributed by atoms with Crippen LogP contribution in [0, 0.1) is 0 Å².